The van der Waals surface area contributed by atoms with Gasteiger partial charge in [-0.05, 0) is 19.4 Å². The van der Waals surface area contributed by atoms with Crippen molar-refractivity contribution in [3.8, 4) is 11.3 Å². The zero-order valence-corrected chi connectivity index (χ0v) is 11.8. The number of nitrogens with zero attached hydrogens (tertiary/aromatic N) is 2. The summed E-state index contributed by atoms with van der Waals surface area (Å²) in [6.07, 6.45) is 2.53. The number of hydrogen-bond acceptors (Lipinski definition) is 3. The van der Waals surface area contributed by atoms with Crippen molar-refractivity contribution >= 4 is 11.3 Å². The van der Waals surface area contributed by atoms with Crippen molar-refractivity contribution in [1.82, 2.24) is 15.0 Å². The summed E-state index contributed by atoms with van der Waals surface area (Å²) >= 11 is 1.70. The fourth-order valence-corrected chi connectivity index (χ4v) is 2.88. The summed E-state index contributed by atoms with van der Waals surface area (Å²) < 4.78 is 0. The Morgan fingerprint density at radius 1 is 1.21 bits per heavy atom. The third-order valence-electron chi connectivity index (χ3n) is 3.23. The van der Waals surface area contributed by atoms with Gasteiger partial charge in [-0.25, -0.2) is 9.97 Å². The van der Waals surface area contributed by atoms with E-state index < -0.39 is 0 Å². The molecule has 3 aromatic rings. The molecule has 0 bridgehead atoms. The van der Waals surface area contributed by atoms with Crippen molar-refractivity contribution in [2.75, 3.05) is 0 Å². The third-order valence-corrected chi connectivity index (χ3v) is 4.07. The molecule has 0 atom stereocenters. The second-order valence-corrected chi connectivity index (χ2v) is 5.54. The lowest BCUT2D eigenvalue weighted by Gasteiger charge is -2.00. The Balaban J connectivity index is 1.88. The predicted octanol–water partition coefficient (Wildman–Crippen LogP) is 3.74. The van der Waals surface area contributed by atoms with Gasteiger partial charge in [-0.2, -0.15) is 0 Å². The van der Waals surface area contributed by atoms with Crippen LogP contribution in [0.5, 0.6) is 0 Å². The molecule has 2 heterocycles. The molecule has 0 aliphatic carbocycles. The van der Waals surface area contributed by atoms with Crippen molar-refractivity contribution in [2.24, 2.45) is 0 Å². The minimum atomic E-state index is 0.798. The SMILES string of the molecule is Cc1ccccc1-c1csc(Cc2nc[nH]c2C)n1. The highest BCUT2D eigenvalue weighted by Crippen LogP contribution is 2.25. The van der Waals surface area contributed by atoms with E-state index in [-0.39, 0.29) is 0 Å². The van der Waals surface area contributed by atoms with Crippen LogP contribution in [-0.2, 0) is 6.42 Å². The molecule has 0 spiro atoms. The van der Waals surface area contributed by atoms with Crippen LogP contribution in [0.25, 0.3) is 11.3 Å². The van der Waals surface area contributed by atoms with Crippen LogP contribution in [0.1, 0.15) is 22.0 Å². The summed E-state index contributed by atoms with van der Waals surface area (Å²) in [6.45, 7) is 4.16. The smallest absolute Gasteiger partial charge is 0.0993 e. The van der Waals surface area contributed by atoms with Gasteiger partial charge in [0.1, 0.15) is 0 Å². The summed E-state index contributed by atoms with van der Waals surface area (Å²) in [5, 5.41) is 3.23. The van der Waals surface area contributed by atoms with Gasteiger partial charge >= 0.3 is 0 Å². The molecule has 3 nitrogen and oxygen atoms in total. The monoisotopic (exact) mass is 269 g/mol. The number of rotatable bonds is 3. The minimum absolute atomic E-state index is 0.798. The zero-order valence-electron chi connectivity index (χ0n) is 11.0. The van der Waals surface area contributed by atoms with Gasteiger partial charge in [-0.15, -0.1) is 11.3 Å². The number of aryl methyl sites for hydroxylation is 2. The average molecular weight is 269 g/mol. The Hall–Kier alpha value is -1.94. The summed E-state index contributed by atoms with van der Waals surface area (Å²) in [6, 6.07) is 8.35. The lowest BCUT2D eigenvalue weighted by atomic mass is 10.1. The molecule has 1 N–H and O–H groups in total. The van der Waals surface area contributed by atoms with Gasteiger partial charge in [0, 0.05) is 23.1 Å². The van der Waals surface area contributed by atoms with Crippen LogP contribution >= 0.6 is 11.3 Å². The van der Waals surface area contributed by atoms with E-state index in [1.165, 1.54) is 11.1 Å². The molecule has 0 radical (unpaired) electrons. The van der Waals surface area contributed by atoms with E-state index in [1.54, 1.807) is 17.7 Å². The molecule has 0 saturated carbocycles. The Bertz CT molecular complexity index is 697. The van der Waals surface area contributed by atoms with Crippen LogP contribution in [0, 0.1) is 13.8 Å². The van der Waals surface area contributed by atoms with Gasteiger partial charge in [-0.1, -0.05) is 24.3 Å². The maximum Gasteiger partial charge on any atom is 0.0993 e. The van der Waals surface area contributed by atoms with Crippen molar-refractivity contribution < 1.29 is 0 Å². The number of thiazole rings is 1. The van der Waals surface area contributed by atoms with Crippen molar-refractivity contribution in [3.05, 3.63) is 57.9 Å². The topological polar surface area (TPSA) is 41.6 Å². The van der Waals surface area contributed by atoms with E-state index in [9.17, 15) is 0 Å². The second-order valence-electron chi connectivity index (χ2n) is 4.59. The van der Waals surface area contributed by atoms with E-state index in [4.69, 9.17) is 4.98 Å². The van der Waals surface area contributed by atoms with E-state index in [2.05, 4.69) is 46.5 Å². The molecule has 0 unspecified atom stereocenters. The van der Waals surface area contributed by atoms with E-state index in [0.29, 0.717) is 0 Å². The highest BCUT2D eigenvalue weighted by atomic mass is 32.1. The van der Waals surface area contributed by atoms with Gasteiger partial charge in [0.05, 0.1) is 22.7 Å². The standard InChI is InChI=1S/C15H15N3S/c1-10-5-3-4-6-12(10)14-8-19-15(18-14)7-13-11(2)16-9-17-13/h3-6,8-9H,7H2,1-2H3,(H,16,17). The van der Waals surface area contributed by atoms with Crippen LogP contribution in [-0.4, -0.2) is 15.0 Å². The van der Waals surface area contributed by atoms with Crippen LogP contribution in [0.3, 0.4) is 0 Å². The number of H-pyrrole nitrogens is 1. The summed E-state index contributed by atoms with van der Waals surface area (Å²) in [5.41, 5.74) is 5.73. The first-order chi connectivity index (χ1) is 9.24. The maximum absolute atomic E-state index is 4.72. The highest BCUT2D eigenvalue weighted by molar-refractivity contribution is 7.10. The Kier molecular flexibility index (Phi) is 3.17. The fourth-order valence-electron chi connectivity index (χ4n) is 2.08. The summed E-state index contributed by atoms with van der Waals surface area (Å²) in [4.78, 5) is 12.1. The predicted molar refractivity (Wildman–Crippen MR) is 78.4 cm³/mol. The average Bonchev–Trinajstić information content (AvgIpc) is 3.01. The van der Waals surface area contributed by atoms with Crippen molar-refractivity contribution in [2.45, 2.75) is 20.3 Å². The quantitative estimate of drug-likeness (QED) is 0.787. The fraction of sp³-hybridized carbons (Fsp3) is 0.200. The molecule has 0 aliphatic rings. The number of hydrogen-bond donors (Lipinski definition) is 1. The number of aromatic nitrogens is 3. The second kappa shape index (κ2) is 4.97. The van der Waals surface area contributed by atoms with Crippen molar-refractivity contribution in [3.63, 3.8) is 0 Å². The molecule has 19 heavy (non-hydrogen) atoms. The number of benzene rings is 1. The lowest BCUT2D eigenvalue weighted by molar-refractivity contribution is 1.06. The van der Waals surface area contributed by atoms with E-state index in [1.807, 2.05) is 6.92 Å². The molecule has 3 rings (SSSR count). The van der Waals surface area contributed by atoms with Gasteiger partial charge in [-0.3, -0.25) is 0 Å². The molecule has 0 fully saturated rings. The van der Waals surface area contributed by atoms with Crippen LogP contribution in [0.2, 0.25) is 0 Å². The van der Waals surface area contributed by atoms with Crippen LogP contribution < -0.4 is 0 Å². The number of nitrogens with one attached hydrogen (secondary N) is 1. The summed E-state index contributed by atoms with van der Waals surface area (Å²) in [5.74, 6) is 0. The molecule has 4 heteroatoms. The van der Waals surface area contributed by atoms with Gasteiger partial charge < -0.3 is 4.98 Å². The van der Waals surface area contributed by atoms with Gasteiger partial charge in [0.25, 0.3) is 0 Å². The largest absolute Gasteiger partial charge is 0.348 e. The van der Waals surface area contributed by atoms with Crippen molar-refractivity contribution in [1.29, 1.82) is 0 Å². The first kappa shape index (κ1) is 12.1. The summed E-state index contributed by atoms with van der Waals surface area (Å²) in [7, 11) is 0. The third kappa shape index (κ3) is 2.44. The van der Waals surface area contributed by atoms with Crippen LogP contribution in [0.15, 0.2) is 36.0 Å². The van der Waals surface area contributed by atoms with Gasteiger partial charge in [0.15, 0.2) is 0 Å². The van der Waals surface area contributed by atoms with Gasteiger partial charge in [0.2, 0.25) is 0 Å². The van der Waals surface area contributed by atoms with E-state index >= 15 is 0 Å². The Morgan fingerprint density at radius 2 is 2.05 bits per heavy atom. The van der Waals surface area contributed by atoms with Crippen LogP contribution in [0.4, 0.5) is 0 Å². The first-order valence-electron chi connectivity index (χ1n) is 6.23. The normalized spacial score (nSPS) is 10.8. The highest BCUT2D eigenvalue weighted by Gasteiger charge is 2.09. The lowest BCUT2D eigenvalue weighted by Crippen LogP contribution is -1.91. The molecular weight excluding hydrogens is 254 g/mol. The van der Waals surface area contributed by atoms with E-state index in [0.717, 1.165) is 28.5 Å². The molecule has 0 amide bonds. The molecule has 96 valence electrons. The number of imidazole rings is 1. The zero-order chi connectivity index (χ0) is 13.2. The maximum atomic E-state index is 4.72. The minimum Gasteiger partial charge on any atom is -0.348 e. The Labute approximate surface area is 116 Å². The molecular formula is C15H15N3S. The first-order valence-corrected chi connectivity index (χ1v) is 7.11. The Morgan fingerprint density at radius 3 is 2.79 bits per heavy atom. The molecule has 2 aromatic heterocycles. The molecule has 0 saturated heterocycles. The molecule has 1 aromatic carbocycles. The number of aromatic amines is 1. The molecule has 0 aliphatic heterocycles.